The molecule has 0 unspecified atom stereocenters. The first kappa shape index (κ1) is 11.0. The van der Waals surface area contributed by atoms with Gasteiger partial charge in [-0.05, 0) is 31.4 Å². The number of hydrogen-bond acceptors (Lipinski definition) is 1. The minimum absolute atomic E-state index is 1.10. The Morgan fingerprint density at radius 2 is 2.00 bits per heavy atom. The van der Waals surface area contributed by atoms with Crippen LogP contribution in [-0.4, -0.2) is 6.21 Å². The molecule has 14 heavy (non-hydrogen) atoms. The Morgan fingerprint density at radius 3 is 2.71 bits per heavy atom. The van der Waals surface area contributed by atoms with Gasteiger partial charge in [-0.2, -0.15) is 0 Å². The second-order valence-electron chi connectivity index (χ2n) is 3.59. The van der Waals surface area contributed by atoms with Gasteiger partial charge in [0.25, 0.3) is 0 Å². The molecule has 1 nitrogen and oxygen atoms in total. The average molecular weight is 189 g/mol. The molecule has 0 atom stereocenters. The van der Waals surface area contributed by atoms with E-state index in [4.69, 9.17) is 0 Å². The molecule has 0 bridgehead atoms. The number of hydrogen-bond donors (Lipinski definition) is 0. The fourth-order valence-electron chi connectivity index (χ4n) is 1.36. The summed E-state index contributed by atoms with van der Waals surface area (Å²) in [4.78, 5) is 4.45. The molecule has 0 saturated heterocycles. The summed E-state index contributed by atoms with van der Waals surface area (Å²) < 4.78 is 0. The molecule has 1 aromatic carbocycles. The van der Waals surface area contributed by atoms with E-state index >= 15 is 0 Å². The van der Waals surface area contributed by atoms with E-state index in [0.717, 1.165) is 12.1 Å². The van der Waals surface area contributed by atoms with Gasteiger partial charge in [-0.1, -0.05) is 38.0 Å². The molecule has 1 heteroatoms. The van der Waals surface area contributed by atoms with Gasteiger partial charge in [0, 0.05) is 6.21 Å². The van der Waals surface area contributed by atoms with Gasteiger partial charge < -0.3 is 0 Å². The van der Waals surface area contributed by atoms with Crippen molar-refractivity contribution in [3.8, 4) is 0 Å². The van der Waals surface area contributed by atoms with Gasteiger partial charge in [0.15, 0.2) is 0 Å². The van der Waals surface area contributed by atoms with Crippen LogP contribution in [0.2, 0.25) is 0 Å². The van der Waals surface area contributed by atoms with Crippen LogP contribution in [-0.2, 0) is 0 Å². The van der Waals surface area contributed by atoms with Crippen LogP contribution in [0.25, 0.3) is 0 Å². The Morgan fingerprint density at radius 1 is 1.21 bits per heavy atom. The van der Waals surface area contributed by atoms with E-state index in [1.165, 1.54) is 24.8 Å². The Labute approximate surface area is 86.9 Å². The van der Waals surface area contributed by atoms with Crippen LogP contribution in [0.4, 0.5) is 5.69 Å². The molecule has 0 radical (unpaired) electrons. The number of benzene rings is 1. The van der Waals surface area contributed by atoms with E-state index in [9.17, 15) is 0 Å². The molecule has 0 aliphatic carbocycles. The van der Waals surface area contributed by atoms with Crippen molar-refractivity contribution in [1.29, 1.82) is 0 Å². The zero-order valence-electron chi connectivity index (χ0n) is 9.16. The van der Waals surface area contributed by atoms with E-state index in [0.29, 0.717) is 0 Å². The Bertz CT molecular complexity index is 289. The number of aliphatic imine (C=N–C) groups is 1. The lowest BCUT2D eigenvalue weighted by molar-refractivity contribution is 0.746. The second-order valence-corrected chi connectivity index (χ2v) is 3.59. The molecule has 0 fully saturated rings. The predicted octanol–water partition coefficient (Wildman–Crippen LogP) is 4.28. The highest BCUT2D eigenvalue weighted by atomic mass is 14.7. The van der Waals surface area contributed by atoms with Crippen molar-refractivity contribution in [2.24, 2.45) is 4.99 Å². The lowest BCUT2D eigenvalue weighted by Gasteiger charge is -1.97. The van der Waals surface area contributed by atoms with Crippen molar-refractivity contribution in [2.75, 3.05) is 0 Å². The summed E-state index contributed by atoms with van der Waals surface area (Å²) >= 11 is 0. The third-order valence-electron chi connectivity index (χ3n) is 2.28. The van der Waals surface area contributed by atoms with Crippen LogP contribution in [0.15, 0.2) is 29.3 Å². The van der Waals surface area contributed by atoms with Crippen LogP contribution in [0.5, 0.6) is 0 Å². The van der Waals surface area contributed by atoms with Crippen LogP contribution in [0.1, 0.15) is 38.2 Å². The summed E-state index contributed by atoms with van der Waals surface area (Å²) in [5, 5.41) is 0. The molecule has 0 spiro atoms. The highest BCUT2D eigenvalue weighted by molar-refractivity contribution is 5.64. The molecule has 76 valence electrons. The molecular formula is C13H19N. The van der Waals surface area contributed by atoms with Gasteiger partial charge in [-0.3, -0.25) is 4.99 Å². The fourth-order valence-corrected chi connectivity index (χ4v) is 1.36. The molecule has 0 aliphatic heterocycles. The molecule has 1 rings (SSSR count). The normalized spacial score (nSPS) is 11.0. The van der Waals surface area contributed by atoms with Crippen molar-refractivity contribution in [3.05, 3.63) is 29.8 Å². The molecule has 0 amide bonds. The molecule has 0 aliphatic rings. The number of para-hydroxylation sites is 1. The molecule has 0 saturated carbocycles. The second kappa shape index (κ2) is 6.36. The fraction of sp³-hybridized carbons (Fsp3) is 0.462. The third kappa shape index (κ3) is 3.73. The highest BCUT2D eigenvalue weighted by Crippen LogP contribution is 2.16. The maximum Gasteiger partial charge on any atom is 0.0654 e. The summed E-state index contributed by atoms with van der Waals surface area (Å²) in [6, 6.07) is 8.24. The maximum absolute atomic E-state index is 4.45. The Kier molecular flexibility index (Phi) is 4.98. The first-order valence-corrected chi connectivity index (χ1v) is 5.42. The zero-order valence-corrected chi connectivity index (χ0v) is 9.16. The van der Waals surface area contributed by atoms with Gasteiger partial charge in [0.1, 0.15) is 0 Å². The standard InChI is InChI=1S/C13H19N/c1-3-4-5-8-11-14-13-10-7-6-9-12(13)2/h6-7,9-11H,3-5,8H2,1-2H3. The van der Waals surface area contributed by atoms with Crippen LogP contribution >= 0.6 is 0 Å². The summed E-state index contributed by atoms with van der Waals surface area (Å²) in [6.07, 6.45) is 6.98. The predicted molar refractivity (Wildman–Crippen MR) is 63.5 cm³/mol. The number of unbranched alkanes of at least 4 members (excludes halogenated alkanes) is 3. The van der Waals surface area contributed by atoms with Crippen molar-refractivity contribution < 1.29 is 0 Å². The van der Waals surface area contributed by atoms with Crippen molar-refractivity contribution in [1.82, 2.24) is 0 Å². The van der Waals surface area contributed by atoms with Gasteiger partial charge in [0.05, 0.1) is 5.69 Å². The lowest BCUT2D eigenvalue weighted by atomic mass is 10.2. The third-order valence-corrected chi connectivity index (χ3v) is 2.28. The van der Waals surface area contributed by atoms with E-state index in [-0.39, 0.29) is 0 Å². The minimum Gasteiger partial charge on any atom is -0.261 e. The van der Waals surface area contributed by atoms with E-state index in [2.05, 4.69) is 31.0 Å². The summed E-state index contributed by atoms with van der Waals surface area (Å²) in [6.45, 7) is 4.32. The smallest absolute Gasteiger partial charge is 0.0654 e. The average Bonchev–Trinajstić information content (AvgIpc) is 2.20. The summed E-state index contributed by atoms with van der Waals surface area (Å²) in [5.74, 6) is 0. The van der Waals surface area contributed by atoms with Gasteiger partial charge >= 0.3 is 0 Å². The van der Waals surface area contributed by atoms with Crippen molar-refractivity contribution in [3.63, 3.8) is 0 Å². The summed E-state index contributed by atoms with van der Waals surface area (Å²) in [7, 11) is 0. The Balaban J connectivity index is 2.40. The first-order chi connectivity index (χ1) is 6.84. The quantitative estimate of drug-likeness (QED) is 0.484. The first-order valence-electron chi connectivity index (χ1n) is 5.42. The largest absolute Gasteiger partial charge is 0.261 e. The zero-order chi connectivity index (χ0) is 10.2. The topological polar surface area (TPSA) is 12.4 Å². The number of aryl methyl sites for hydroxylation is 1. The van der Waals surface area contributed by atoms with E-state index in [1.807, 2.05) is 18.3 Å². The lowest BCUT2D eigenvalue weighted by Crippen LogP contribution is -1.78. The van der Waals surface area contributed by atoms with Crippen LogP contribution in [0, 0.1) is 6.92 Å². The Hall–Kier alpha value is -1.11. The van der Waals surface area contributed by atoms with Crippen LogP contribution in [0.3, 0.4) is 0 Å². The van der Waals surface area contributed by atoms with Crippen molar-refractivity contribution in [2.45, 2.75) is 39.5 Å². The number of rotatable bonds is 5. The molecule has 1 aromatic rings. The van der Waals surface area contributed by atoms with Gasteiger partial charge in [0.2, 0.25) is 0 Å². The van der Waals surface area contributed by atoms with E-state index in [1.54, 1.807) is 0 Å². The minimum atomic E-state index is 1.10. The molecule has 0 aromatic heterocycles. The highest BCUT2D eigenvalue weighted by Gasteiger charge is 1.91. The maximum atomic E-state index is 4.45. The molecule has 0 N–H and O–H groups in total. The van der Waals surface area contributed by atoms with E-state index < -0.39 is 0 Å². The van der Waals surface area contributed by atoms with Crippen LogP contribution < -0.4 is 0 Å². The number of nitrogens with zero attached hydrogens (tertiary/aromatic N) is 1. The SMILES string of the molecule is CCCCCC=Nc1ccccc1C. The molecular weight excluding hydrogens is 170 g/mol. The van der Waals surface area contributed by atoms with Gasteiger partial charge in [-0.15, -0.1) is 0 Å². The monoisotopic (exact) mass is 189 g/mol. The summed E-state index contributed by atoms with van der Waals surface area (Å²) in [5.41, 5.74) is 2.35. The molecule has 0 heterocycles. The van der Waals surface area contributed by atoms with Crippen molar-refractivity contribution >= 4 is 11.9 Å². The van der Waals surface area contributed by atoms with Gasteiger partial charge in [-0.25, -0.2) is 0 Å².